The molecule has 0 aliphatic rings. The van der Waals surface area contributed by atoms with Gasteiger partial charge in [0.2, 0.25) is 0 Å². The van der Waals surface area contributed by atoms with Gasteiger partial charge in [-0.2, -0.15) is 0 Å². The van der Waals surface area contributed by atoms with Crippen molar-refractivity contribution in [3.63, 3.8) is 0 Å². The van der Waals surface area contributed by atoms with E-state index in [0.717, 1.165) is 11.8 Å². The Bertz CT molecular complexity index is 226. The lowest BCUT2D eigenvalue weighted by atomic mass is 9.89. The summed E-state index contributed by atoms with van der Waals surface area (Å²) in [5.74, 6) is 1.93. The van der Waals surface area contributed by atoms with Crippen molar-refractivity contribution < 1.29 is 0 Å². The number of hydrogen-bond acceptors (Lipinski definition) is 0. The minimum atomic E-state index is 0.892. The number of hydrogen-bond donors (Lipinski definition) is 0. The van der Waals surface area contributed by atoms with Gasteiger partial charge in [-0.1, -0.05) is 156 Å². The first-order chi connectivity index (χ1) is 12.7. The maximum Gasteiger partial charge on any atom is -0.0414 e. The third-order valence-corrected chi connectivity index (χ3v) is 6.08. The van der Waals surface area contributed by atoms with E-state index in [4.69, 9.17) is 0 Å². The molecule has 0 aliphatic heterocycles. The molecule has 158 valence electrons. The normalized spacial score (nSPS) is 11.8. The lowest BCUT2D eigenvalue weighted by Crippen LogP contribution is -2.02. The third-order valence-electron chi connectivity index (χ3n) is 6.08. The molecule has 0 N–H and O–H groups in total. The quantitative estimate of drug-likeness (QED) is 0.177. The highest BCUT2D eigenvalue weighted by Crippen LogP contribution is 2.24. The summed E-state index contributed by atoms with van der Waals surface area (Å²) in [6.45, 7) is 9.35. The van der Waals surface area contributed by atoms with Crippen LogP contribution in [-0.2, 0) is 0 Å². The molecule has 0 amide bonds. The van der Waals surface area contributed by atoms with Crippen molar-refractivity contribution in [1.82, 2.24) is 0 Å². The monoisotopic (exact) mass is 366 g/mol. The molecule has 0 aliphatic carbocycles. The second-order valence-corrected chi connectivity index (χ2v) is 9.36. The Balaban J connectivity index is 3.80. The zero-order chi connectivity index (χ0) is 19.3. The van der Waals surface area contributed by atoms with Crippen molar-refractivity contribution in [2.75, 3.05) is 0 Å². The highest BCUT2D eigenvalue weighted by Gasteiger charge is 2.08. The van der Waals surface area contributed by atoms with Gasteiger partial charge in [0.1, 0.15) is 0 Å². The van der Waals surface area contributed by atoms with Crippen LogP contribution in [0.5, 0.6) is 0 Å². The summed E-state index contributed by atoms with van der Waals surface area (Å²) in [6, 6.07) is 0. The van der Waals surface area contributed by atoms with Gasteiger partial charge in [0.25, 0.3) is 0 Å². The zero-order valence-electron chi connectivity index (χ0n) is 19.3. The van der Waals surface area contributed by atoms with Crippen molar-refractivity contribution in [2.45, 2.75) is 156 Å². The van der Waals surface area contributed by atoms with Gasteiger partial charge in [-0.05, 0) is 11.8 Å². The molecule has 0 heteroatoms. The standard InChI is InChI=1S/C26H54/c1-5-7-9-11-13-18-22-26(23-19-14-12-10-8-6-2)24-20-16-15-17-21-25(3)4/h25-26H,5-24H2,1-4H3. The van der Waals surface area contributed by atoms with Gasteiger partial charge in [0.15, 0.2) is 0 Å². The summed E-state index contributed by atoms with van der Waals surface area (Å²) in [5.41, 5.74) is 0. The topological polar surface area (TPSA) is 0 Å². The van der Waals surface area contributed by atoms with E-state index in [0.29, 0.717) is 0 Å². The van der Waals surface area contributed by atoms with E-state index in [-0.39, 0.29) is 0 Å². The molecule has 0 bridgehead atoms. The SMILES string of the molecule is CCCCCCCCC(CCCCCCCC)CCCCCCC(C)C. The van der Waals surface area contributed by atoms with Gasteiger partial charge in [-0.15, -0.1) is 0 Å². The summed E-state index contributed by atoms with van der Waals surface area (Å²) >= 11 is 0. The number of rotatable bonds is 21. The van der Waals surface area contributed by atoms with E-state index < -0.39 is 0 Å². The second kappa shape index (κ2) is 21.3. The molecule has 26 heavy (non-hydrogen) atoms. The lowest BCUT2D eigenvalue weighted by Gasteiger charge is -2.17. The zero-order valence-corrected chi connectivity index (χ0v) is 19.3. The Kier molecular flexibility index (Phi) is 21.3. The van der Waals surface area contributed by atoms with E-state index >= 15 is 0 Å². The molecule has 0 saturated heterocycles. The van der Waals surface area contributed by atoms with Crippen molar-refractivity contribution in [2.24, 2.45) is 11.8 Å². The van der Waals surface area contributed by atoms with Crippen LogP contribution in [0.3, 0.4) is 0 Å². The Morgan fingerprint density at radius 2 is 0.692 bits per heavy atom. The highest BCUT2D eigenvalue weighted by atomic mass is 14.1. The molecule has 0 nitrogen and oxygen atoms in total. The van der Waals surface area contributed by atoms with Crippen LogP contribution in [0, 0.1) is 11.8 Å². The summed E-state index contributed by atoms with van der Waals surface area (Å²) in [4.78, 5) is 0. The van der Waals surface area contributed by atoms with Crippen LogP contribution in [-0.4, -0.2) is 0 Å². The Morgan fingerprint density at radius 1 is 0.385 bits per heavy atom. The first kappa shape index (κ1) is 26.0. The Labute approximate surface area is 168 Å². The molecule has 0 atom stereocenters. The van der Waals surface area contributed by atoms with Crippen LogP contribution in [0.4, 0.5) is 0 Å². The fraction of sp³-hybridized carbons (Fsp3) is 1.00. The smallest absolute Gasteiger partial charge is 0.0414 e. The molecule has 0 heterocycles. The van der Waals surface area contributed by atoms with Crippen molar-refractivity contribution >= 4 is 0 Å². The van der Waals surface area contributed by atoms with Crippen molar-refractivity contribution in [1.29, 1.82) is 0 Å². The maximum absolute atomic E-state index is 2.36. The average molecular weight is 367 g/mol. The van der Waals surface area contributed by atoms with Crippen LogP contribution in [0.15, 0.2) is 0 Å². The van der Waals surface area contributed by atoms with Gasteiger partial charge in [-0.25, -0.2) is 0 Å². The predicted octanol–water partition coefficient (Wildman–Crippen LogP) is 10.1. The Hall–Kier alpha value is 0. The predicted molar refractivity (Wildman–Crippen MR) is 122 cm³/mol. The van der Waals surface area contributed by atoms with E-state index in [2.05, 4.69) is 27.7 Å². The molecule has 0 fully saturated rings. The molecule has 0 aromatic rings. The van der Waals surface area contributed by atoms with Gasteiger partial charge in [0.05, 0.1) is 0 Å². The molecule has 0 aromatic heterocycles. The number of unbranched alkanes of at least 4 members (excludes halogenated alkanes) is 13. The summed E-state index contributed by atoms with van der Waals surface area (Å²) in [7, 11) is 0. The maximum atomic E-state index is 2.36. The van der Waals surface area contributed by atoms with Gasteiger partial charge in [-0.3, -0.25) is 0 Å². The van der Waals surface area contributed by atoms with Crippen LogP contribution >= 0.6 is 0 Å². The molecular formula is C26H54. The van der Waals surface area contributed by atoms with Crippen molar-refractivity contribution in [3.8, 4) is 0 Å². The molecule has 0 saturated carbocycles. The van der Waals surface area contributed by atoms with Crippen LogP contribution in [0.2, 0.25) is 0 Å². The summed E-state index contributed by atoms with van der Waals surface area (Å²) < 4.78 is 0. The molecule has 0 radical (unpaired) electrons. The summed E-state index contributed by atoms with van der Waals surface area (Å²) in [5, 5.41) is 0. The van der Waals surface area contributed by atoms with Crippen molar-refractivity contribution in [3.05, 3.63) is 0 Å². The van der Waals surface area contributed by atoms with E-state index in [1.165, 1.54) is 128 Å². The van der Waals surface area contributed by atoms with Gasteiger partial charge >= 0.3 is 0 Å². The first-order valence-electron chi connectivity index (χ1n) is 12.7. The third kappa shape index (κ3) is 20.3. The minimum absolute atomic E-state index is 0.892. The highest BCUT2D eigenvalue weighted by molar-refractivity contribution is 4.62. The molecule has 0 aromatic carbocycles. The largest absolute Gasteiger partial charge is 0.0654 e. The van der Waals surface area contributed by atoms with Crippen LogP contribution < -0.4 is 0 Å². The molecule has 0 rings (SSSR count). The lowest BCUT2D eigenvalue weighted by molar-refractivity contribution is 0.364. The fourth-order valence-electron chi connectivity index (χ4n) is 4.20. The minimum Gasteiger partial charge on any atom is -0.0654 e. The second-order valence-electron chi connectivity index (χ2n) is 9.36. The molecule has 0 unspecified atom stereocenters. The van der Waals surface area contributed by atoms with Crippen LogP contribution in [0.25, 0.3) is 0 Å². The summed E-state index contributed by atoms with van der Waals surface area (Å²) in [6.07, 6.45) is 29.4. The van der Waals surface area contributed by atoms with E-state index in [1.54, 1.807) is 0 Å². The molecule has 0 spiro atoms. The van der Waals surface area contributed by atoms with E-state index in [9.17, 15) is 0 Å². The average Bonchev–Trinajstić information content (AvgIpc) is 2.62. The fourth-order valence-corrected chi connectivity index (χ4v) is 4.20. The first-order valence-corrected chi connectivity index (χ1v) is 12.7. The van der Waals surface area contributed by atoms with Crippen LogP contribution in [0.1, 0.15) is 156 Å². The Morgan fingerprint density at radius 3 is 1.04 bits per heavy atom. The van der Waals surface area contributed by atoms with Gasteiger partial charge < -0.3 is 0 Å². The molecular weight excluding hydrogens is 312 g/mol. The van der Waals surface area contributed by atoms with E-state index in [1.807, 2.05) is 0 Å². The van der Waals surface area contributed by atoms with Gasteiger partial charge in [0, 0.05) is 0 Å².